The van der Waals surface area contributed by atoms with E-state index in [2.05, 4.69) is 9.97 Å². The molecule has 5 nitrogen and oxygen atoms in total. The Bertz CT molecular complexity index is 341. The second-order valence-corrected chi connectivity index (χ2v) is 3.16. The lowest BCUT2D eigenvalue weighted by Crippen LogP contribution is -2.11. The number of nitrogens with zero attached hydrogens (tertiary/aromatic N) is 2. The van der Waals surface area contributed by atoms with Gasteiger partial charge in [-0.05, 0) is 13.3 Å². The van der Waals surface area contributed by atoms with E-state index in [1.807, 2.05) is 6.92 Å². The number of carboxylic acid groups (broad SMARTS) is 1. The van der Waals surface area contributed by atoms with Crippen molar-refractivity contribution in [3.05, 3.63) is 18.1 Å². The first-order chi connectivity index (χ1) is 7.15. The molecular weight excluding hydrogens is 196 g/mol. The molecule has 1 atom stereocenters. The van der Waals surface area contributed by atoms with Crippen molar-refractivity contribution in [2.24, 2.45) is 0 Å². The number of aromatic nitrogens is 2. The summed E-state index contributed by atoms with van der Waals surface area (Å²) < 4.78 is 5.28. The van der Waals surface area contributed by atoms with Gasteiger partial charge in [0.2, 0.25) is 5.88 Å². The summed E-state index contributed by atoms with van der Waals surface area (Å²) in [5.41, 5.74) is 0. The van der Waals surface area contributed by atoms with Crippen LogP contribution in [-0.4, -0.2) is 27.7 Å². The summed E-state index contributed by atoms with van der Waals surface area (Å²) in [6.07, 6.45) is 2.39. The smallest absolute Gasteiger partial charge is 0.313 e. The van der Waals surface area contributed by atoms with Crippen molar-refractivity contribution < 1.29 is 14.6 Å². The van der Waals surface area contributed by atoms with Gasteiger partial charge in [-0.15, -0.1) is 0 Å². The largest absolute Gasteiger partial charge is 0.481 e. The minimum atomic E-state index is -0.942. The second-order valence-electron chi connectivity index (χ2n) is 3.16. The van der Waals surface area contributed by atoms with Gasteiger partial charge in [0.15, 0.2) is 0 Å². The van der Waals surface area contributed by atoms with Crippen molar-refractivity contribution in [3.63, 3.8) is 0 Å². The van der Waals surface area contributed by atoms with Crippen molar-refractivity contribution in [1.29, 1.82) is 0 Å². The number of hydrogen-bond acceptors (Lipinski definition) is 4. The van der Waals surface area contributed by atoms with Crippen LogP contribution in [-0.2, 0) is 4.79 Å². The molecule has 0 saturated heterocycles. The number of rotatable bonds is 5. The fraction of sp³-hybridized carbons (Fsp3) is 0.500. The van der Waals surface area contributed by atoms with Crippen LogP contribution in [0.1, 0.15) is 32.0 Å². The predicted molar refractivity (Wildman–Crippen MR) is 53.9 cm³/mol. The monoisotopic (exact) mass is 210 g/mol. The second kappa shape index (κ2) is 5.29. The first kappa shape index (κ1) is 11.4. The van der Waals surface area contributed by atoms with Gasteiger partial charge < -0.3 is 9.84 Å². The summed E-state index contributed by atoms with van der Waals surface area (Å²) in [6.45, 7) is 4.10. The standard InChI is InChI=1S/C10H14N2O3/c1-3-6-15-8-4-5-11-9(12-8)7(2)10(13)14/h4-5,7H,3,6H2,1-2H3,(H,13,14). The van der Waals surface area contributed by atoms with Crippen molar-refractivity contribution in [1.82, 2.24) is 9.97 Å². The average Bonchev–Trinajstić information content (AvgIpc) is 2.25. The van der Waals surface area contributed by atoms with Crippen molar-refractivity contribution >= 4 is 5.97 Å². The summed E-state index contributed by atoms with van der Waals surface area (Å²) in [4.78, 5) is 18.6. The van der Waals surface area contributed by atoms with Crippen molar-refractivity contribution in [2.75, 3.05) is 6.61 Å². The number of aliphatic carboxylic acids is 1. The third-order valence-corrected chi connectivity index (χ3v) is 1.86. The van der Waals surface area contributed by atoms with Gasteiger partial charge in [0.25, 0.3) is 0 Å². The molecule has 5 heteroatoms. The van der Waals surface area contributed by atoms with Crippen LogP contribution in [0.25, 0.3) is 0 Å². The molecule has 1 aromatic heterocycles. The molecule has 0 saturated carbocycles. The van der Waals surface area contributed by atoms with Gasteiger partial charge in [0.1, 0.15) is 11.7 Å². The minimum Gasteiger partial charge on any atom is -0.481 e. The third kappa shape index (κ3) is 3.19. The first-order valence-electron chi connectivity index (χ1n) is 4.83. The molecule has 1 heterocycles. The molecule has 0 aliphatic heterocycles. The topological polar surface area (TPSA) is 72.3 Å². The molecule has 1 aromatic rings. The molecule has 1 N–H and O–H groups in total. The molecule has 1 rings (SSSR count). The number of ether oxygens (including phenoxy) is 1. The molecule has 0 aliphatic carbocycles. The minimum absolute atomic E-state index is 0.274. The lowest BCUT2D eigenvalue weighted by molar-refractivity contribution is -0.138. The van der Waals surface area contributed by atoms with Gasteiger partial charge in [-0.3, -0.25) is 4.79 Å². The van der Waals surface area contributed by atoms with E-state index >= 15 is 0 Å². The molecule has 0 bridgehead atoms. The van der Waals surface area contributed by atoms with Crippen LogP contribution in [0.3, 0.4) is 0 Å². The molecule has 0 aromatic carbocycles. The summed E-state index contributed by atoms with van der Waals surface area (Å²) in [7, 11) is 0. The molecule has 0 spiro atoms. The van der Waals surface area contributed by atoms with E-state index in [0.717, 1.165) is 6.42 Å². The maximum absolute atomic E-state index is 10.7. The molecular formula is C10H14N2O3. The molecule has 0 amide bonds. The van der Waals surface area contributed by atoms with E-state index in [1.54, 1.807) is 13.0 Å². The van der Waals surface area contributed by atoms with Crippen LogP contribution >= 0.6 is 0 Å². The van der Waals surface area contributed by atoms with Crippen LogP contribution in [0, 0.1) is 0 Å². The Morgan fingerprint density at radius 1 is 1.67 bits per heavy atom. The van der Waals surface area contributed by atoms with Gasteiger partial charge in [-0.25, -0.2) is 4.98 Å². The molecule has 0 aliphatic rings. The third-order valence-electron chi connectivity index (χ3n) is 1.86. The summed E-state index contributed by atoms with van der Waals surface area (Å²) in [6, 6.07) is 1.62. The Hall–Kier alpha value is -1.65. The van der Waals surface area contributed by atoms with E-state index in [4.69, 9.17) is 9.84 Å². The lowest BCUT2D eigenvalue weighted by atomic mass is 10.2. The van der Waals surface area contributed by atoms with E-state index in [0.29, 0.717) is 12.5 Å². The average molecular weight is 210 g/mol. The highest BCUT2D eigenvalue weighted by molar-refractivity contribution is 5.74. The maximum Gasteiger partial charge on any atom is 0.313 e. The van der Waals surface area contributed by atoms with Crippen molar-refractivity contribution in [2.45, 2.75) is 26.2 Å². The molecule has 0 radical (unpaired) electrons. The van der Waals surface area contributed by atoms with Crippen LogP contribution in [0.4, 0.5) is 0 Å². The van der Waals surface area contributed by atoms with Crippen LogP contribution < -0.4 is 4.74 Å². The first-order valence-corrected chi connectivity index (χ1v) is 4.83. The van der Waals surface area contributed by atoms with E-state index in [9.17, 15) is 4.79 Å². The summed E-state index contributed by atoms with van der Waals surface area (Å²) in [5, 5.41) is 8.78. The van der Waals surface area contributed by atoms with Gasteiger partial charge >= 0.3 is 5.97 Å². The highest BCUT2D eigenvalue weighted by Gasteiger charge is 2.17. The fourth-order valence-corrected chi connectivity index (χ4v) is 0.963. The van der Waals surface area contributed by atoms with Crippen LogP contribution in [0.2, 0.25) is 0 Å². The van der Waals surface area contributed by atoms with Crippen LogP contribution in [0.5, 0.6) is 5.88 Å². The maximum atomic E-state index is 10.7. The summed E-state index contributed by atoms with van der Waals surface area (Å²) >= 11 is 0. The quantitative estimate of drug-likeness (QED) is 0.796. The molecule has 15 heavy (non-hydrogen) atoms. The highest BCUT2D eigenvalue weighted by atomic mass is 16.5. The fourth-order valence-electron chi connectivity index (χ4n) is 0.963. The Balaban J connectivity index is 2.77. The lowest BCUT2D eigenvalue weighted by Gasteiger charge is -2.07. The predicted octanol–water partition coefficient (Wildman–Crippen LogP) is 1.45. The summed E-state index contributed by atoms with van der Waals surface area (Å²) in [5.74, 6) is -0.955. The normalized spacial score (nSPS) is 12.1. The van der Waals surface area contributed by atoms with Crippen LogP contribution in [0.15, 0.2) is 12.3 Å². The van der Waals surface area contributed by atoms with Gasteiger partial charge in [-0.1, -0.05) is 6.92 Å². The van der Waals surface area contributed by atoms with Crippen molar-refractivity contribution in [3.8, 4) is 5.88 Å². The Morgan fingerprint density at radius 2 is 2.40 bits per heavy atom. The zero-order valence-electron chi connectivity index (χ0n) is 8.80. The van der Waals surface area contributed by atoms with E-state index in [1.165, 1.54) is 6.20 Å². The Kier molecular flexibility index (Phi) is 4.03. The number of carbonyl (C=O) groups is 1. The zero-order valence-corrected chi connectivity index (χ0v) is 8.80. The molecule has 82 valence electrons. The number of hydrogen-bond donors (Lipinski definition) is 1. The molecule has 1 unspecified atom stereocenters. The van der Waals surface area contributed by atoms with E-state index < -0.39 is 11.9 Å². The Labute approximate surface area is 88.1 Å². The number of carboxylic acids is 1. The zero-order chi connectivity index (χ0) is 11.3. The van der Waals surface area contributed by atoms with Gasteiger partial charge in [0.05, 0.1) is 6.61 Å². The van der Waals surface area contributed by atoms with Gasteiger partial charge in [-0.2, -0.15) is 4.98 Å². The Morgan fingerprint density at radius 3 is 3.00 bits per heavy atom. The molecule has 0 fully saturated rings. The van der Waals surface area contributed by atoms with E-state index in [-0.39, 0.29) is 5.82 Å². The highest BCUT2D eigenvalue weighted by Crippen LogP contribution is 2.13. The SMILES string of the molecule is CCCOc1ccnc(C(C)C(=O)O)n1. The van der Waals surface area contributed by atoms with Gasteiger partial charge in [0, 0.05) is 12.3 Å².